The maximum Gasteiger partial charge on any atom is 0.147 e. The predicted octanol–water partition coefficient (Wildman–Crippen LogP) is 6.98. The summed E-state index contributed by atoms with van der Waals surface area (Å²) in [7, 11) is 0. The van der Waals surface area contributed by atoms with Gasteiger partial charge in [0.25, 0.3) is 0 Å². The Bertz CT molecular complexity index is 1270. The van der Waals surface area contributed by atoms with Crippen molar-refractivity contribution in [1.82, 2.24) is 4.57 Å². The molecule has 1 heterocycles. The van der Waals surface area contributed by atoms with Crippen molar-refractivity contribution in [1.29, 1.82) is 0 Å². The molecule has 0 radical (unpaired) electrons. The molecule has 4 rings (SSSR count). The lowest BCUT2D eigenvalue weighted by Crippen LogP contribution is -2.04. The fraction of sp³-hybridized carbons (Fsp3) is 0.148. The van der Waals surface area contributed by atoms with Crippen molar-refractivity contribution in [2.24, 2.45) is 5.16 Å². The first-order valence-corrected chi connectivity index (χ1v) is 10.4. The molecule has 162 valence electrons. The van der Waals surface area contributed by atoms with E-state index in [4.69, 9.17) is 4.84 Å². The third-order valence-corrected chi connectivity index (χ3v) is 5.55. The van der Waals surface area contributed by atoms with Gasteiger partial charge in [0.1, 0.15) is 18.2 Å². The van der Waals surface area contributed by atoms with Crippen molar-refractivity contribution in [3.63, 3.8) is 0 Å². The summed E-state index contributed by atoms with van der Waals surface area (Å²) >= 11 is 0. The molecule has 0 atom stereocenters. The molecule has 0 amide bonds. The first-order valence-electron chi connectivity index (χ1n) is 10.4. The van der Waals surface area contributed by atoms with Gasteiger partial charge in [-0.1, -0.05) is 41.6 Å². The number of para-hydroxylation sites is 1. The van der Waals surface area contributed by atoms with E-state index in [0.29, 0.717) is 18.0 Å². The van der Waals surface area contributed by atoms with E-state index in [-0.39, 0.29) is 11.6 Å². The number of halogens is 2. The summed E-state index contributed by atoms with van der Waals surface area (Å²) < 4.78 is 30.1. The van der Waals surface area contributed by atoms with Gasteiger partial charge >= 0.3 is 0 Å². The van der Waals surface area contributed by atoms with E-state index in [2.05, 4.69) is 5.16 Å². The van der Waals surface area contributed by atoms with Crippen molar-refractivity contribution < 1.29 is 13.6 Å². The SMILES string of the molecule is C/C(=N/OCc1ccccc1C)c1cc(-c2ccc(F)cc2)n(-c2ccccc2F)c1C. The zero-order valence-electron chi connectivity index (χ0n) is 18.3. The molecule has 3 aromatic carbocycles. The molecule has 0 aliphatic carbocycles. The molecule has 0 saturated carbocycles. The Balaban J connectivity index is 1.74. The molecule has 0 spiro atoms. The number of oxime groups is 1. The van der Waals surface area contributed by atoms with E-state index in [9.17, 15) is 8.78 Å². The monoisotopic (exact) mass is 430 g/mol. The Kier molecular flexibility index (Phi) is 6.17. The smallest absolute Gasteiger partial charge is 0.147 e. The summed E-state index contributed by atoms with van der Waals surface area (Å²) in [4.78, 5) is 5.63. The van der Waals surface area contributed by atoms with Crippen LogP contribution in [0.3, 0.4) is 0 Å². The molecule has 0 aliphatic rings. The molecule has 0 fully saturated rings. The van der Waals surface area contributed by atoms with Gasteiger partial charge in [-0.2, -0.15) is 0 Å². The normalized spacial score (nSPS) is 11.6. The van der Waals surface area contributed by atoms with E-state index in [1.807, 2.05) is 55.7 Å². The molecule has 0 N–H and O–H groups in total. The van der Waals surface area contributed by atoms with Gasteiger partial charge in [-0.3, -0.25) is 0 Å². The number of aromatic nitrogens is 1. The summed E-state index contributed by atoms with van der Waals surface area (Å²) in [5.41, 5.74) is 6.47. The van der Waals surface area contributed by atoms with Crippen molar-refractivity contribution in [3.05, 3.63) is 113 Å². The number of rotatable bonds is 6. The predicted molar refractivity (Wildman–Crippen MR) is 124 cm³/mol. The zero-order chi connectivity index (χ0) is 22.7. The van der Waals surface area contributed by atoms with Crippen LogP contribution in [0.1, 0.15) is 29.3 Å². The molecule has 0 aliphatic heterocycles. The summed E-state index contributed by atoms with van der Waals surface area (Å²) in [6.07, 6.45) is 0. The van der Waals surface area contributed by atoms with Gasteiger partial charge in [0.2, 0.25) is 0 Å². The second kappa shape index (κ2) is 9.18. The molecule has 0 saturated heterocycles. The van der Waals surface area contributed by atoms with Crippen LogP contribution in [0.2, 0.25) is 0 Å². The van der Waals surface area contributed by atoms with Crippen LogP contribution in [0.15, 0.2) is 84.0 Å². The molecule has 5 heteroatoms. The van der Waals surface area contributed by atoms with E-state index >= 15 is 0 Å². The highest BCUT2D eigenvalue weighted by Crippen LogP contribution is 2.31. The first kappa shape index (κ1) is 21.5. The Labute approximate surface area is 186 Å². The average molecular weight is 430 g/mol. The van der Waals surface area contributed by atoms with E-state index in [0.717, 1.165) is 33.6 Å². The molecule has 3 nitrogen and oxygen atoms in total. The van der Waals surface area contributed by atoms with Crippen LogP contribution in [-0.4, -0.2) is 10.3 Å². The summed E-state index contributed by atoms with van der Waals surface area (Å²) in [5.74, 6) is -0.663. The van der Waals surface area contributed by atoms with Gasteiger partial charge in [0.15, 0.2) is 0 Å². The first-order chi connectivity index (χ1) is 15.5. The topological polar surface area (TPSA) is 26.5 Å². The zero-order valence-corrected chi connectivity index (χ0v) is 18.3. The van der Waals surface area contributed by atoms with Crippen LogP contribution in [0.25, 0.3) is 16.9 Å². The summed E-state index contributed by atoms with van der Waals surface area (Å²) in [6, 6.07) is 22.7. The number of aryl methyl sites for hydroxylation is 1. The molecular formula is C27H24F2N2O. The highest BCUT2D eigenvalue weighted by molar-refractivity contribution is 6.01. The molecule has 1 aromatic heterocycles. The van der Waals surface area contributed by atoms with Crippen molar-refractivity contribution >= 4 is 5.71 Å². The van der Waals surface area contributed by atoms with E-state index in [1.54, 1.807) is 30.3 Å². The third-order valence-electron chi connectivity index (χ3n) is 5.55. The Morgan fingerprint density at radius 2 is 1.59 bits per heavy atom. The minimum absolute atomic E-state index is 0.322. The lowest BCUT2D eigenvalue weighted by molar-refractivity contribution is 0.130. The molecular weight excluding hydrogens is 406 g/mol. The highest BCUT2D eigenvalue weighted by atomic mass is 19.1. The highest BCUT2D eigenvalue weighted by Gasteiger charge is 2.19. The Morgan fingerprint density at radius 3 is 2.31 bits per heavy atom. The number of hydrogen-bond donors (Lipinski definition) is 0. The molecule has 32 heavy (non-hydrogen) atoms. The summed E-state index contributed by atoms with van der Waals surface area (Å²) in [6.45, 7) is 6.17. The second-order valence-corrected chi connectivity index (χ2v) is 7.70. The number of hydrogen-bond acceptors (Lipinski definition) is 2. The van der Waals surface area contributed by atoms with E-state index in [1.165, 1.54) is 18.2 Å². The average Bonchev–Trinajstić information content (AvgIpc) is 3.13. The lowest BCUT2D eigenvalue weighted by Gasteiger charge is -2.13. The standard InChI is InChI=1S/C27H24F2N2O/c1-18-8-4-5-9-22(18)17-32-30-19(2)24-16-27(21-12-14-23(28)15-13-21)31(20(24)3)26-11-7-6-10-25(26)29/h4-16H,17H2,1-3H3/b30-19-. The number of nitrogens with zero attached hydrogens (tertiary/aromatic N) is 2. The fourth-order valence-electron chi connectivity index (χ4n) is 3.77. The van der Waals surface area contributed by atoms with Crippen molar-refractivity contribution in [2.75, 3.05) is 0 Å². The molecule has 0 unspecified atom stereocenters. The van der Waals surface area contributed by atoms with Crippen molar-refractivity contribution in [3.8, 4) is 16.9 Å². The van der Waals surface area contributed by atoms with Gasteiger partial charge < -0.3 is 9.40 Å². The van der Waals surface area contributed by atoms with E-state index < -0.39 is 0 Å². The maximum atomic E-state index is 14.7. The minimum atomic E-state index is -0.341. The van der Waals surface area contributed by atoms with Crippen LogP contribution < -0.4 is 0 Å². The Hall–Kier alpha value is -3.73. The quantitative estimate of drug-likeness (QED) is 0.239. The van der Waals surface area contributed by atoms with Gasteiger partial charge in [0.05, 0.1) is 17.1 Å². The summed E-state index contributed by atoms with van der Waals surface area (Å²) in [5, 5.41) is 4.32. The lowest BCUT2D eigenvalue weighted by atomic mass is 10.1. The van der Waals surface area contributed by atoms with Crippen LogP contribution >= 0.6 is 0 Å². The van der Waals surface area contributed by atoms with Crippen LogP contribution in [0.5, 0.6) is 0 Å². The third kappa shape index (κ3) is 4.33. The number of benzene rings is 3. The fourth-order valence-corrected chi connectivity index (χ4v) is 3.77. The van der Waals surface area contributed by atoms with Crippen LogP contribution in [0, 0.1) is 25.5 Å². The van der Waals surface area contributed by atoms with Gasteiger partial charge in [-0.05, 0) is 79.9 Å². The van der Waals surface area contributed by atoms with Gasteiger partial charge in [-0.15, -0.1) is 0 Å². The molecule has 4 aromatic rings. The Morgan fingerprint density at radius 1 is 0.906 bits per heavy atom. The minimum Gasteiger partial charge on any atom is -0.391 e. The molecule has 0 bridgehead atoms. The largest absolute Gasteiger partial charge is 0.391 e. The maximum absolute atomic E-state index is 14.7. The second-order valence-electron chi connectivity index (χ2n) is 7.70. The van der Waals surface area contributed by atoms with Crippen LogP contribution in [0.4, 0.5) is 8.78 Å². The van der Waals surface area contributed by atoms with Gasteiger partial charge in [-0.25, -0.2) is 8.78 Å². The van der Waals surface area contributed by atoms with Gasteiger partial charge in [0, 0.05) is 11.3 Å². The van der Waals surface area contributed by atoms with Crippen molar-refractivity contribution in [2.45, 2.75) is 27.4 Å². The van der Waals surface area contributed by atoms with Crippen LogP contribution in [-0.2, 0) is 11.4 Å².